The molecular formula is C13H11NO3S. The van der Waals surface area contributed by atoms with Gasteiger partial charge in [-0.25, -0.2) is 4.98 Å². The molecule has 3 rings (SSSR count). The molecule has 18 heavy (non-hydrogen) atoms. The van der Waals surface area contributed by atoms with Gasteiger partial charge in [-0.3, -0.25) is 4.79 Å². The predicted molar refractivity (Wildman–Crippen MR) is 68.4 cm³/mol. The van der Waals surface area contributed by atoms with E-state index in [1.165, 1.54) is 11.3 Å². The average molecular weight is 261 g/mol. The standard InChI is InChI=1S/C13H11NO3S/c1-7-12(8(2)15)18-13(14-7)9-3-4-10-11(5-9)17-6-16-10/h3-5H,6H2,1-2H3. The van der Waals surface area contributed by atoms with Crippen molar-refractivity contribution in [2.24, 2.45) is 0 Å². The number of nitrogens with zero attached hydrogens (tertiary/aromatic N) is 1. The summed E-state index contributed by atoms with van der Waals surface area (Å²) in [5, 5.41) is 0.830. The Balaban J connectivity index is 2.05. The van der Waals surface area contributed by atoms with E-state index in [2.05, 4.69) is 4.98 Å². The van der Waals surface area contributed by atoms with Crippen LogP contribution in [0.15, 0.2) is 18.2 Å². The lowest BCUT2D eigenvalue weighted by molar-refractivity contribution is 0.102. The molecule has 0 amide bonds. The fourth-order valence-electron chi connectivity index (χ4n) is 1.88. The summed E-state index contributed by atoms with van der Waals surface area (Å²) in [6, 6.07) is 5.68. The molecule has 92 valence electrons. The lowest BCUT2D eigenvalue weighted by Gasteiger charge is -1.98. The molecule has 0 fully saturated rings. The summed E-state index contributed by atoms with van der Waals surface area (Å²) >= 11 is 1.41. The predicted octanol–water partition coefficient (Wildman–Crippen LogP) is 3.05. The van der Waals surface area contributed by atoms with Crippen molar-refractivity contribution in [1.82, 2.24) is 4.98 Å². The van der Waals surface area contributed by atoms with Crippen molar-refractivity contribution < 1.29 is 14.3 Å². The second-order valence-electron chi connectivity index (χ2n) is 4.06. The summed E-state index contributed by atoms with van der Waals surface area (Å²) < 4.78 is 10.6. The van der Waals surface area contributed by atoms with Gasteiger partial charge < -0.3 is 9.47 Å². The van der Waals surface area contributed by atoms with Crippen LogP contribution in [0.2, 0.25) is 0 Å². The van der Waals surface area contributed by atoms with Gasteiger partial charge in [-0.2, -0.15) is 0 Å². The highest BCUT2D eigenvalue weighted by molar-refractivity contribution is 7.17. The van der Waals surface area contributed by atoms with Gasteiger partial charge in [-0.15, -0.1) is 11.3 Å². The van der Waals surface area contributed by atoms with Crippen LogP contribution in [0.3, 0.4) is 0 Å². The Morgan fingerprint density at radius 3 is 2.83 bits per heavy atom. The number of aryl methyl sites for hydroxylation is 1. The van der Waals surface area contributed by atoms with Crippen molar-refractivity contribution in [2.75, 3.05) is 6.79 Å². The molecule has 0 spiro atoms. The monoisotopic (exact) mass is 261 g/mol. The van der Waals surface area contributed by atoms with E-state index in [9.17, 15) is 4.79 Å². The van der Waals surface area contributed by atoms with E-state index < -0.39 is 0 Å². The number of ketones is 1. The molecule has 0 N–H and O–H groups in total. The molecule has 2 aromatic rings. The highest BCUT2D eigenvalue weighted by atomic mass is 32.1. The van der Waals surface area contributed by atoms with Crippen LogP contribution in [-0.2, 0) is 0 Å². The Labute approximate surface area is 108 Å². The average Bonchev–Trinajstić information content (AvgIpc) is 2.93. The lowest BCUT2D eigenvalue weighted by Crippen LogP contribution is -1.92. The second kappa shape index (κ2) is 4.10. The third-order valence-electron chi connectivity index (χ3n) is 2.74. The zero-order valence-corrected chi connectivity index (χ0v) is 10.8. The van der Waals surface area contributed by atoms with Crippen molar-refractivity contribution >= 4 is 17.1 Å². The molecule has 0 radical (unpaired) electrons. The maximum absolute atomic E-state index is 11.4. The van der Waals surface area contributed by atoms with Gasteiger partial charge in [0.2, 0.25) is 6.79 Å². The van der Waals surface area contributed by atoms with E-state index >= 15 is 0 Å². The van der Waals surface area contributed by atoms with Gasteiger partial charge in [-0.05, 0) is 25.1 Å². The number of rotatable bonds is 2. The number of aromatic nitrogens is 1. The number of fused-ring (bicyclic) bond motifs is 1. The van der Waals surface area contributed by atoms with Crippen LogP contribution >= 0.6 is 11.3 Å². The van der Waals surface area contributed by atoms with Crippen LogP contribution < -0.4 is 9.47 Å². The molecule has 0 aliphatic carbocycles. The highest BCUT2D eigenvalue weighted by Crippen LogP contribution is 2.37. The minimum atomic E-state index is 0.0528. The molecule has 0 saturated heterocycles. The zero-order chi connectivity index (χ0) is 12.7. The summed E-state index contributed by atoms with van der Waals surface area (Å²) in [7, 11) is 0. The minimum Gasteiger partial charge on any atom is -0.454 e. The second-order valence-corrected chi connectivity index (χ2v) is 5.06. The lowest BCUT2D eigenvalue weighted by atomic mass is 10.2. The van der Waals surface area contributed by atoms with Crippen LogP contribution in [0, 0.1) is 6.92 Å². The first kappa shape index (κ1) is 11.2. The van der Waals surface area contributed by atoms with Crippen LogP contribution in [-0.4, -0.2) is 17.6 Å². The quantitative estimate of drug-likeness (QED) is 0.779. The number of Topliss-reactive ketones (excluding diaryl/α,β-unsaturated/α-hetero) is 1. The molecule has 0 unspecified atom stereocenters. The fraction of sp³-hybridized carbons (Fsp3) is 0.231. The smallest absolute Gasteiger partial charge is 0.231 e. The molecule has 1 aliphatic rings. The van der Waals surface area contributed by atoms with E-state index in [0.717, 1.165) is 27.8 Å². The molecule has 1 aliphatic heterocycles. The molecule has 1 aromatic carbocycles. The first-order valence-corrected chi connectivity index (χ1v) is 6.35. The van der Waals surface area contributed by atoms with Gasteiger partial charge in [0.25, 0.3) is 0 Å². The number of hydrogen-bond acceptors (Lipinski definition) is 5. The summed E-state index contributed by atoms with van der Waals surface area (Å²) in [4.78, 5) is 16.6. The van der Waals surface area contributed by atoms with Gasteiger partial charge >= 0.3 is 0 Å². The number of carbonyl (C=O) groups excluding carboxylic acids is 1. The third-order valence-corrected chi connectivity index (χ3v) is 4.04. The molecule has 0 atom stereocenters. The Morgan fingerprint density at radius 2 is 2.11 bits per heavy atom. The number of thiazole rings is 1. The summed E-state index contributed by atoms with van der Waals surface area (Å²) in [6.07, 6.45) is 0. The van der Waals surface area contributed by atoms with E-state index in [-0.39, 0.29) is 12.6 Å². The van der Waals surface area contributed by atoms with Crippen molar-refractivity contribution in [3.63, 3.8) is 0 Å². The molecule has 0 bridgehead atoms. The van der Waals surface area contributed by atoms with Crippen molar-refractivity contribution in [1.29, 1.82) is 0 Å². The van der Waals surface area contributed by atoms with Crippen LogP contribution in [0.4, 0.5) is 0 Å². The minimum absolute atomic E-state index is 0.0528. The molecule has 0 saturated carbocycles. The molecule has 1 aromatic heterocycles. The maximum Gasteiger partial charge on any atom is 0.231 e. The van der Waals surface area contributed by atoms with E-state index in [1.54, 1.807) is 6.92 Å². The first-order valence-electron chi connectivity index (χ1n) is 5.53. The largest absolute Gasteiger partial charge is 0.454 e. The number of carbonyl (C=O) groups is 1. The summed E-state index contributed by atoms with van der Waals surface area (Å²) in [5.41, 5.74) is 1.72. The normalized spacial score (nSPS) is 12.8. The fourth-order valence-corrected chi connectivity index (χ4v) is 2.83. The highest BCUT2D eigenvalue weighted by Gasteiger charge is 2.17. The Bertz CT molecular complexity index is 633. The van der Waals surface area contributed by atoms with E-state index in [0.29, 0.717) is 4.88 Å². The van der Waals surface area contributed by atoms with Gasteiger partial charge in [-0.1, -0.05) is 0 Å². The van der Waals surface area contributed by atoms with E-state index in [1.807, 2.05) is 25.1 Å². The van der Waals surface area contributed by atoms with E-state index in [4.69, 9.17) is 9.47 Å². The molecule has 4 nitrogen and oxygen atoms in total. The van der Waals surface area contributed by atoms with Crippen molar-refractivity contribution in [3.8, 4) is 22.1 Å². The van der Waals surface area contributed by atoms with Crippen LogP contribution in [0.25, 0.3) is 10.6 Å². The maximum atomic E-state index is 11.4. The summed E-state index contributed by atoms with van der Waals surface area (Å²) in [6.45, 7) is 3.67. The Kier molecular flexibility index (Phi) is 2.56. The third kappa shape index (κ3) is 1.76. The Hall–Kier alpha value is -1.88. The molecule has 5 heteroatoms. The van der Waals surface area contributed by atoms with Gasteiger partial charge in [0.15, 0.2) is 17.3 Å². The Morgan fingerprint density at radius 1 is 1.33 bits per heavy atom. The van der Waals surface area contributed by atoms with Gasteiger partial charge in [0.1, 0.15) is 5.01 Å². The van der Waals surface area contributed by atoms with Crippen molar-refractivity contribution in [3.05, 3.63) is 28.8 Å². The summed E-state index contributed by atoms with van der Waals surface area (Å²) in [5.74, 6) is 1.53. The van der Waals surface area contributed by atoms with Gasteiger partial charge in [0.05, 0.1) is 10.6 Å². The SMILES string of the molecule is CC(=O)c1sc(-c2ccc3c(c2)OCO3)nc1C. The molecular weight excluding hydrogens is 250 g/mol. The first-order chi connectivity index (χ1) is 8.65. The van der Waals surface area contributed by atoms with Crippen LogP contribution in [0.1, 0.15) is 22.3 Å². The van der Waals surface area contributed by atoms with Crippen molar-refractivity contribution in [2.45, 2.75) is 13.8 Å². The van der Waals surface area contributed by atoms with Gasteiger partial charge in [0, 0.05) is 12.5 Å². The van der Waals surface area contributed by atoms with Crippen LogP contribution in [0.5, 0.6) is 11.5 Å². The topological polar surface area (TPSA) is 48.4 Å². The zero-order valence-electron chi connectivity index (χ0n) is 10.0. The number of benzene rings is 1. The number of hydrogen-bond donors (Lipinski definition) is 0. The number of ether oxygens (including phenoxy) is 2. The molecule has 2 heterocycles.